The summed E-state index contributed by atoms with van der Waals surface area (Å²) in [6, 6.07) is 13.2. The molecule has 3 rings (SSSR count). The Kier molecular flexibility index (Phi) is 5.60. The number of pyridine rings is 2. The van der Waals surface area contributed by atoms with Crippen molar-refractivity contribution in [1.82, 2.24) is 9.97 Å². The van der Waals surface area contributed by atoms with E-state index in [-0.39, 0.29) is 5.91 Å². The second-order valence-electron chi connectivity index (χ2n) is 5.17. The van der Waals surface area contributed by atoms with Gasteiger partial charge in [0.15, 0.2) is 0 Å². The highest BCUT2D eigenvalue weighted by Gasteiger charge is 2.13. The Morgan fingerprint density at radius 2 is 1.81 bits per heavy atom. The molecule has 2 heterocycles. The van der Waals surface area contributed by atoms with Crippen molar-refractivity contribution in [2.24, 2.45) is 0 Å². The first-order valence-electron chi connectivity index (χ1n) is 7.70. The lowest BCUT2D eigenvalue weighted by Gasteiger charge is -2.08. The van der Waals surface area contributed by atoms with Crippen molar-refractivity contribution < 1.29 is 14.3 Å². The van der Waals surface area contributed by atoms with Gasteiger partial charge in [0, 0.05) is 18.1 Å². The molecule has 130 valence electrons. The summed E-state index contributed by atoms with van der Waals surface area (Å²) >= 11 is 1.40. The quantitative estimate of drug-likeness (QED) is 0.549. The largest absolute Gasteiger partial charge is 0.421 e. The van der Waals surface area contributed by atoms with E-state index in [0.717, 1.165) is 0 Å². The molecule has 0 saturated heterocycles. The smallest absolute Gasteiger partial charge is 0.343 e. The maximum absolute atomic E-state index is 12.4. The SMILES string of the molecule is CSc1ncccc1C(=O)Nc1ccc(C(=O)Oc2cccnc2)cc1. The van der Waals surface area contributed by atoms with Crippen LogP contribution in [0.4, 0.5) is 5.69 Å². The number of anilines is 1. The van der Waals surface area contributed by atoms with Crippen LogP contribution in [0.1, 0.15) is 20.7 Å². The maximum Gasteiger partial charge on any atom is 0.343 e. The molecule has 7 heteroatoms. The lowest BCUT2D eigenvalue weighted by molar-refractivity contribution is 0.0734. The summed E-state index contributed by atoms with van der Waals surface area (Å²) in [6.07, 6.45) is 6.57. The Hall–Kier alpha value is -3.19. The minimum Gasteiger partial charge on any atom is -0.421 e. The Morgan fingerprint density at radius 3 is 2.50 bits per heavy atom. The highest BCUT2D eigenvalue weighted by atomic mass is 32.2. The van der Waals surface area contributed by atoms with Crippen LogP contribution < -0.4 is 10.1 Å². The topological polar surface area (TPSA) is 81.2 Å². The molecule has 0 unspecified atom stereocenters. The maximum atomic E-state index is 12.4. The van der Waals surface area contributed by atoms with Gasteiger partial charge in [-0.25, -0.2) is 9.78 Å². The lowest BCUT2D eigenvalue weighted by Crippen LogP contribution is -2.14. The number of amides is 1. The van der Waals surface area contributed by atoms with Crippen LogP contribution in [0.3, 0.4) is 0 Å². The van der Waals surface area contributed by atoms with E-state index in [1.165, 1.54) is 18.0 Å². The third-order valence-corrected chi connectivity index (χ3v) is 4.14. The first-order valence-corrected chi connectivity index (χ1v) is 8.92. The van der Waals surface area contributed by atoms with Crippen molar-refractivity contribution in [2.45, 2.75) is 5.03 Å². The lowest BCUT2D eigenvalue weighted by atomic mass is 10.2. The summed E-state index contributed by atoms with van der Waals surface area (Å²) in [4.78, 5) is 32.6. The number of aromatic nitrogens is 2. The second kappa shape index (κ2) is 8.26. The number of rotatable bonds is 5. The number of nitrogens with one attached hydrogen (secondary N) is 1. The molecular weight excluding hydrogens is 350 g/mol. The second-order valence-corrected chi connectivity index (χ2v) is 5.96. The number of carbonyl (C=O) groups is 2. The minimum atomic E-state index is -0.493. The molecule has 1 aromatic carbocycles. The summed E-state index contributed by atoms with van der Waals surface area (Å²) in [6.45, 7) is 0. The molecule has 2 aromatic heterocycles. The van der Waals surface area contributed by atoms with Crippen molar-refractivity contribution >= 4 is 29.3 Å². The van der Waals surface area contributed by atoms with Gasteiger partial charge in [-0.3, -0.25) is 9.78 Å². The monoisotopic (exact) mass is 365 g/mol. The van der Waals surface area contributed by atoms with Gasteiger partial charge in [0.05, 0.1) is 17.3 Å². The standard InChI is InChI=1S/C19H15N3O3S/c1-26-18-16(5-3-11-21-18)17(23)22-14-8-6-13(7-9-14)19(24)25-15-4-2-10-20-12-15/h2-12H,1H3,(H,22,23). The summed E-state index contributed by atoms with van der Waals surface area (Å²) in [5.41, 5.74) is 1.45. The zero-order valence-corrected chi connectivity index (χ0v) is 14.7. The Bertz CT molecular complexity index is 915. The minimum absolute atomic E-state index is 0.256. The highest BCUT2D eigenvalue weighted by molar-refractivity contribution is 7.98. The fourth-order valence-corrected chi connectivity index (χ4v) is 2.73. The van der Waals surface area contributed by atoms with E-state index in [4.69, 9.17) is 4.74 Å². The molecule has 3 aromatic rings. The first-order chi connectivity index (χ1) is 12.7. The number of nitrogens with zero attached hydrogens (tertiary/aromatic N) is 2. The van der Waals surface area contributed by atoms with Crippen molar-refractivity contribution in [3.05, 3.63) is 78.2 Å². The van der Waals surface area contributed by atoms with Crippen molar-refractivity contribution in [1.29, 1.82) is 0 Å². The third kappa shape index (κ3) is 4.25. The Labute approximate surface area is 154 Å². The molecule has 0 aliphatic heterocycles. The van der Waals surface area contributed by atoms with Gasteiger partial charge in [0.25, 0.3) is 5.91 Å². The average Bonchev–Trinajstić information content (AvgIpc) is 2.69. The first kappa shape index (κ1) is 17.6. The Balaban J connectivity index is 1.68. The Morgan fingerprint density at radius 1 is 1.04 bits per heavy atom. The van der Waals surface area contributed by atoms with Crippen molar-refractivity contribution in [3.63, 3.8) is 0 Å². The predicted molar refractivity (Wildman–Crippen MR) is 99.6 cm³/mol. The molecule has 1 amide bonds. The molecule has 0 aliphatic carbocycles. The molecule has 26 heavy (non-hydrogen) atoms. The van der Waals surface area contributed by atoms with E-state index in [0.29, 0.717) is 27.6 Å². The van der Waals surface area contributed by atoms with E-state index in [1.807, 2.05) is 6.26 Å². The summed E-state index contributed by atoms with van der Waals surface area (Å²) in [7, 11) is 0. The van der Waals surface area contributed by atoms with Crippen LogP contribution in [0.5, 0.6) is 5.75 Å². The van der Waals surface area contributed by atoms with E-state index < -0.39 is 5.97 Å². The van der Waals surface area contributed by atoms with Gasteiger partial charge in [-0.2, -0.15) is 0 Å². The van der Waals surface area contributed by atoms with Gasteiger partial charge < -0.3 is 10.1 Å². The van der Waals surface area contributed by atoms with Crippen LogP contribution in [-0.2, 0) is 0 Å². The molecule has 0 atom stereocenters. The van der Waals surface area contributed by atoms with Gasteiger partial charge in [-0.05, 0) is 54.8 Å². The van der Waals surface area contributed by atoms with Crippen molar-refractivity contribution in [2.75, 3.05) is 11.6 Å². The van der Waals surface area contributed by atoms with Crippen LogP contribution >= 0.6 is 11.8 Å². The van der Waals surface area contributed by atoms with E-state index >= 15 is 0 Å². The third-order valence-electron chi connectivity index (χ3n) is 3.43. The zero-order valence-electron chi connectivity index (χ0n) is 13.9. The fourth-order valence-electron chi connectivity index (χ4n) is 2.19. The molecule has 1 N–H and O–H groups in total. The molecule has 0 saturated carbocycles. The molecule has 0 bridgehead atoms. The van der Waals surface area contributed by atoms with Crippen molar-refractivity contribution in [3.8, 4) is 5.75 Å². The summed E-state index contributed by atoms with van der Waals surface area (Å²) < 4.78 is 5.22. The number of thioether (sulfide) groups is 1. The summed E-state index contributed by atoms with van der Waals surface area (Å²) in [5, 5.41) is 3.45. The summed E-state index contributed by atoms with van der Waals surface area (Å²) in [5.74, 6) is -0.378. The van der Waals surface area contributed by atoms with Gasteiger partial charge in [0.1, 0.15) is 10.8 Å². The fraction of sp³-hybridized carbons (Fsp3) is 0.0526. The molecule has 0 fully saturated rings. The molecule has 6 nitrogen and oxygen atoms in total. The van der Waals surface area contributed by atoms with Crippen LogP contribution in [0.15, 0.2) is 72.1 Å². The van der Waals surface area contributed by atoms with Crippen LogP contribution in [0, 0.1) is 0 Å². The normalized spacial score (nSPS) is 10.2. The van der Waals surface area contributed by atoms with Gasteiger partial charge >= 0.3 is 5.97 Å². The predicted octanol–water partition coefficient (Wildman–Crippen LogP) is 3.67. The number of ether oxygens (including phenoxy) is 1. The number of esters is 1. The number of hydrogen-bond acceptors (Lipinski definition) is 6. The number of hydrogen-bond donors (Lipinski definition) is 1. The molecule has 0 radical (unpaired) electrons. The highest BCUT2D eigenvalue weighted by Crippen LogP contribution is 2.19. The molecule has 0 aliphatic rings. The van der Waals surface area contributed by atoms with Gasteiger partial charge in [-0.1, -0.05) is 0 Å². The van der Waals surface area contributed by atoms with Crippen LogP contribution in [0.25, 0.3) is 0 Å². The van der Waals surface area contributed by atoms with Gasteiger partial charge in [0.2, 0.25) is 0 Å². The number of carbonyl (C=O) groups excluding carboxylic acids is 2. The van der Waals surface area contributed by atoms with E-state index in [1.54, 1.807) is 60.9 Å². The zero-order chi connectivity index (χ0) is 18.4. The van der Waals surface area contributed by atoms with E-state index in [2.05, 4.69) is 15.3 Å². The van der Waals surface area contributed by atoms with Crippen LogP contribution in [-0.4, -0.2) is 28.1 Å². The average molecular weight is 365 g/mol. The van der Waals surface area contributed by atoms with Crippen LogP contribution in [0.2, 0.25) is 0 Å². The van der Waals surface area contributed by atoms with Gasteiger partial charge in [-0.15, -0.1) is 11.8 Å². The molecular formula is C19H15N3O3S. The molecule has 0 spiro atoms. The number of benzene rings is 1. The van der Waals surface area contributed by atoms with E-state index in [9.17, 15) is 9.59 Å².